The lowest BCUT2D eigenvalue weighted by Crippen LogP contribution is -2.37. The molecule has 0 aliphatic heterocycles. The Morgan fingerprint density at radius 2 is 1.40 bits per heavy atom. The molecule has 15 heavy (non-hydrogen) atoms. The van der Waals surface area contributed by atoms with Gasteiger partial charge in [-0.25, -0.2) is 4.79 Å². The number of hydrogen-bond donors (Lipinski definition) is 2. The van der Waals surface area contributed by atoms with Crippen molar-refractivity contribution in [1.29, 1.82) is 0 Å². The second kappa shape index (κ2) is 7.26. The first-order chi connectivity index (χ1) is 5.89. The Balaban J connectivity index is -0.000000180. The van der Waals surface area contributed by atoms with Crippen molar-refractivity contribution in [3.63, 3.8) is 0 Å². The Morgan fingerprint density at radius 1 is 1.27 bits per heavy atom. The minimum atomic E-state index is -5.08. The van der Waals surface area contributed by atoms with E-state index in [0.29, 0.717) is 5.92 Å². The molecule has 0 atom stereocenters. The minimum absolute atomic E-state index is 0. The van der Waals surface area contributed by atoms with E-state index in [0.717, 1.165) is 0 Å². The summed E-state index contributed by atoms with van der Waals surface area (Å²) >= 11 is 0. The summed E-state index contributed by atoms with van der Waals surface area (Å²) in [4.78, 5) is 8.90. The van der Waals surface area contributed by atoms with Crippen molar-refractivity contribution in [2.75, 3.05) is 0 Å². The van der Waals surface area contributed by atoms with E-state index in [1.807, 2.05) is 13.8 Å². The van der Waals surface area contributed by atoms with Crippen LogP contribution in [0.4, 0.5) is 13.2 Å². The molecule has 0 aromatic rings. The van der Waals surface area contributed by atoms with Crippen LogP contribution in [0.2, 0.25) is 0 Å². The lowest BCUT2D eigenvalue weighted by Gasteiger charge is -2.22. The van der Waals surface area contributed by atoms with Gasteiger partial charge in [-0.2, -0.15) is 13.2 Å². The Labute approximate surface area is 104 Å². The normalized spacial score (nSPS) is 11.3. The van der Waals surface area contributed by atoms with Gasteiger partial charge in [0.1, 0.15) is 0 Å². The van der Waals surface area contributed by atoms with E-state index in [1.165, 1.54) is 0 Å². The molecule has 0 aliphatic rings. The molecule has 0 spiro atoms. The summed E-state index contributed by atoms with van der Waals surface area (Å²) in [7, 11) is 0. The number of carboxylic acid groups (broad SMARTS) is 1. The number of aliphatic carboxylic acids is 1. The fourth-order valence-corrected chi connectivity index (χ4v) is 0. The molecule has 0 saturated carbocycles. The molecular formula is C8H17F3INO2. The van der Waals surface area contributed by atoms with Crippen molar-refractivity contribution >= 4 is 29.9 Å². The number of carboxylic acids is 1. The highest BCUT2D eigenvalue weighted by molar-refractivity contribution is 14.0. The number of rotatable bonds is 1. The Morgan fingerprint density at radius 3 is 1.40 bits per heavy atom. The standard InChI is InChI=1S/C6H15N.C2HF3O2.HI/c1-5(2)6(3,4)7;3-2(4,5)1(6)7;/h5H,7H2,1-4H3;(H,6,7);1H. The number of halogens is 4. The summed E-state index contributed by atoms with van der Waals surface area (Å²) in [5.74, 6) is -2.18. The van der Waals surface area contributed by atoms with Crippen molar-refractivity contribution in [1.82, 2.24) is 0 Å². The summed E-state index contributed by atoms with van der Waals surface area (Å²) < 4.78 is 31.7. The second-order valence-corrected chi connectivity index (χ2v) is 3.78. The van der Waals surface area contributed by atoms with Crippen LogP contribution >= 0.6 is 24.0 Å². The number of carbonyl (C=O) groups is 1. The van der Waals surface area contributed by atoms with Gasteiger partial charge in [0, 0.05) is 5.54 Å². The molecule has 3 N–H and O–H groups in total. The van der Waals surface area contributed by atoms with Crippen LogP contribution in [0.1, 0.15) is 27.7 Å². The number of nitrogens with two attached hydrogens (primary N) is 1. The third-order valence-electron chi connectivity index (χ3n) is 1.73. The zero-order chi connectivity index (χ0) is 12.2. The maximum absolute atomic E-state index is 10.6. The average molecular weight is 343 g/mol. The van der Waals surface area contributed by atoms with Crippen LogP contribution in [-0.2, 0) is 4.79 Å². The SMILES string of the molecule is CC(C)C(C)(C)N.I.O=C(O)C(F)(F)F. The fourth-order valence-electron chi connectivity index (χ4n) is 0. The van der Waals surface area contributed by atoms with Gasteiger partial charge in [0.2, 0.25) is 0 Å². The molecule has 0 aliphatic carbocycles. The van der Waals surface area contributed by atoms with Crippen LogP contribution in [-0.4, -0.2) is 22.8 Å². The second-order valence-electron chi connectivity index (χ2n) is 3.78. The molecule has 0 amide bonds. The summed E-state index contributed by atoms with van der Waals surface area (Å²) in [6.07, 6.45) is -5.08. The molecule has 0 saturated heterocycles. The zero-order valence-electron chi connectivity index (χ0n) is 9.05. The lowest BCUT2D eigenvalue weighted by atomic mass is 9.92. The fraction of sp³-hybridized carbons (Fsp3) is 0.875. The third-order valence-corrected chi connectivity index (χ3v) is 1.73. The van der Waals surface area contributed by atoms with Crippen molar-refractivity contribution in [3.05, 3.63) is 0 Å². The number of alkyl halides is 3. The molecule has 0 rings (SSSR count). The summed E-state index contributed by atoms with van der Waals surface area (Å²) in [5.41, 5.74) is 5.68. The van der Waals surface area contributed by atoms with Gasteiger partial charge in [-0.05, 0) is 19.8 Å². The molecule has 0 aromatic heterocycles. The first-order valence-electron chi connectivity index (χ1n) is 3.98. The van der Waals surface area contributed by atoms with E-state index in [-0.39, 0.29) is 29.5 Å². The highest BCUT2D eigenvalue weighted by Crippen LogP contribution is 2.13. The van der Waals surface area contributed by atoms with Crippen LogP contribution in [0, 0.1) is 5.92 Å². The maximum Gasteiger partial charge on any atom is 0.490 e. The van der Waals surface area contributed by atoms with E-state index in [1.54, 1.807) is 0 Å². The summed E-state index contributed by atoms with van der Waals surface area (Å²) in [6.45, 7) is 8.33. The van der Waals surface area contributed by atoms with Crippen molar-refractivity contribution in [2.45, 2.75) is 39.4 Å². The minimum Gasteiger partial charge on any atom is -0.475 e. The van der Waals surface area contributed by atoms with Gasteiger partial charge in [0.05, 0.1) is 0 Å². The van der Waals surface area contributed by atoms with E-state index >= 15 is 0 Å². The molecule has 0 bridgehead atoms. The predicted molar refractivity (Wildman–Crippen MR) is 62.2 cm³/mol. The van der Waals surface area contributed by atoms with Crippen LogP contribution in [0.5, 0.6) is 0 Å². The summed E-state index contributed by atoms with van der Waals surface area (Å²) in [6, 6.07) is 0. The van der Waals surface area contributed by atoms with Gasteiger partial charge in [0.25, 0.3) is 0 Å². The summed E-state index contributed by atoms with van der Waals surface area (Å²) in [5, 5.41) is 7.12. The number of hydrogen-bond acceptors (Lipinski definition) is 2. The monoisotopic (exact) mass is 343 g/mol. The van der Waals surface area contributed by atoms with Crippen molar-refractivity contribution < 1.29 is 23.1 Å². The largest absolute Gasteiger partial charge is 0.490 e. The van der Waals surface area contributed by atoms with Gasteiger partial charge in [-0.3, -0.25) is 0 Å². The topological polar surface area (TPSA) is 63.3 Å². The predicted octanol–water partition coefficient (Wildman–Crippen LogP) is 2.63. The molecular weight excluding hydrogens is 326 g/mol. The highest BCUT2D eigenvalue weighted by Gasteiger charge is 2.38. The van der Waals surface area contributed by atoms with Crippen LogP contribution in [0.3, 0.4) is 0 Å². The van der Waals surface area contributed by atoms with Gasteiger partial charge >= 0.3 is 12.1 Å². The molecule has 0 fully saturated rings. The van der Waals surface area contributed by atoms with Gasteiger partial charge in [0.15, 0.2) is 0 Å². The van der Waals surface area contributed by atoms with Crippen molar-refractivity contribution in [3.8, 4) is 0 Å². The Kier molecular flexibility index (Phi) is 9.86. The molecule has 0 heterocycles. The Bertz CT molecular complexity index is 187. The van der Waals surface area contributed by atoms with Gasteiger partial charge in [-0.15, -0.1) is 24.0 Å². The molecule has 7 heteroatoms. The first kappa shape index (κ1) is 20.4. The van der Waals surface area contributed by atoms with E-state index in [4.69, 9.17) is 15.6 Å². The quantitative estimate of drug-likeness (QED) is 0.720. The average Bonchev–Trinajstić information content (AvgIpc) is 1.83. The first-order valence-corrected chi connectivity index (χ1v) is 3.98. The van der Waals surface area contributed by atoms with Crippen LogP contribution in [0.25, 0.3) is 0 Å². The molecule has 0 radical (unpaired) electrons. The Hall–Kier alpha value is -0.0500. The third kappa shape index (κ3) is 14.0. The molecule has 0 aromatic carbocycles. The van der Waals surface area contributed by atoms with Crippen LogP contribution in [0.15, 0.2) is 0 Å². The van der Waals surface area contributed by atoms with Gasteiger partial charge in [-0.1, -0.05) is 13.8 Å². The van der Waals surface area contributed by atoms with E-state index in [2.05, 4.69) is 13.8 Å². The molecule has 94 valence electrons. The van der Waals surface area contributed by atoms with Crippen LogP contribution < -0.4 is 5.73 Å². The maximum atomic E-state index is 10.6. The van der Waals surface area contributed by atoms with Crippen molar-refractivity contribution in [2.24, 2.45) is 11.7 Å². The highest BCUT2D eigenvalue weighted by atomic mass is 127. The van der Waals surface area contributed by atoms with E-state index in [9.17, 15) is 13.2 Å². The van der Waals surface area contributed by atoms with Gasteiger partial charge < -0.3 is 10.8 Å². The lowest BCUT2D eigenvalue weighted by molar-refractivity contribution is -0.192. The zero-order valence-corrected chi connectivity index (χ0v) is 11.4. The van der Waals surface area contributed by atoms with E-state index < -0.39 is 12.1 Å². The smallest absolute Gasteiger partial charge is 0.475 e. The molecule has 3 nitrogen and oxygen atoms in total. The molecule has 0 unspecified atom stereocenters.